The Kier molecular flexibility index (Phi) is 6.17. The van der Waals surface area contributed by atoms with Gasteiger partial charge >= 0.3 is 5.97 Å². The number of fused-ring (bicyclic) bond motifs is 2. The number of hydrogen-bond donors (Lipinski definition) is 4. The van der Waals surface area contributed by atoms with Crippen molar-refractivity contribution >= 4 is 52.2 Å². The Morgan fingerprint density at radius 2 is 2.22 bits per heavy atom. The molecule has 1 saturated heterocycles. The van der Waals surface area contributed by atoms with Crippen molar-refractivity contribution in [3.63, 3.8) is 0 Å². The summed E-state index contributed by atoms with van der Waals surface area (Å²) in [5.41, 5.74) is 6.46. The lowest BCUT2D eigenvalue weighted by Gasteiger charge is -2.49. The molecule has 37 heavy (non-hydrogen) atoms. The van der Waals surface area contributed by atoms with Gasteiger partial charge in [-0.25, -0.2) is 4.79 Å². The van der Waals surface area contributed by atoms with Crippen molar-refractivity contribution in [3.8, 4) is 5.75 Å². The van der Waals surface area contributed by atoms with Crippen molar-refractivity contribution in [2.24, 2.45) is 5.16 Å². The molecular formula is C23H21N6O7S+. The van der Waals surface area contributed by atoms with Gasteiger partial charge in [-0.2, -0.15) is 9.55 Å². The number of nitrogens with zero attached hydrogens (tertiary/aromatic N) is 4. The van der Waals surface area contributed by atoms with Gasteiger partial charge in [0, 0.05) is 23.5 Å². The molecule has 14 heteroatoms. The number of nitrogen functional groups attached to an aromatic ring is 1. The average Bonchev–Trinajstić information content (AvgIpc) is 3.30. The van der Waals surface area contributed by atoms with E-state index in [0.717, 1.165) is 17.2 Å². The largest absolute Gasteiger partial charge is 0.508 e. The Labute approximate surface area is 213 Å². The first-order valence-electron chi connectivity index (χ1n) is 10.9. The molecular weight excluding hydrogens is 504 g/mol. The van der Waals surface area contributed by atoms with Crippen LogP contribution >= 0.6 is 11.8 Å². The number of aliphatic carboxylic acids is 1. The van der Waals surface area contributed by atoms with E-state index in [1.165, 1.54) is 23.8 Å². The van der Waals surface area contributed by atoms with Crippen molar-refractivity contribution in [3.05, 3.63) is 59.8 Å². The highest BCUT2D eigenvalue weighted by molar-refractivity contribution is 8.00. The number of oxime groups is 1. The number of phenols is 1. The number of nitrogens with two attached hydrogens (primary N) is 1. The minimum absolute atomic E-state index is 0.0191. The lowest BCUT2D eigenvalue weighted by Crippen LogP contribution is -2.71. The van der Waals surface area contributed by atoms with Crippen LogP contribution in [0.2, 0.25) is 0 Å². The number of carbonyl (C=O) groups excluding carboxylic acids is 2. The third kappa shape index (κ3) is 4.31. The number of rotatable bonds is 7. The number of amides is 2. The number of thioether (sulfide) groups is 1. The summed E-state index contributed by atoms with van der Waals surface area (Å²) in [6.07, 6.45) is 2.93. The summed E-state index contributed by atoms with van der Waals surface area (Å²) in [7, 11) is 1.24. The molecule has 1 unspecified atom stereocenters. The molecule has 2 atom stereocenters. The molecule has 2 amide bonds. The number of phenolic OH excluding ortho intramolecular Hbond substituents is 1. The molecule has 0 radical (unpaired) electrons. The highest BCUT2D eigenvalue weighted by atomic mass is 32.2. The number of aromatic nitrogens is 2. The second-order valence-electron chi connectivity index (χ2n) is 8.19. The van der Waals surface area contributed by atoms with Crippen LogP contribution in [0.25, 0.3) is 10.9 Å². The second kappa shape index (κ2) is 9.46. The number of pyridine rings is 1. The van der Waals surface area contributed by atoms with E-state index in [9.17, 15) is 24.6 Å². The van der Waals surface area contributed by atoms with Gasteiger partial charge in [-0.05, 0) is 18.2 Å². The topological polar surface area (TPSA) is 184 Å². The van der Waals surface area contributed by atoms with Gasteiger partial charge in [0.2, 0.25) is 5.52 Å². The number of nitrogens with one attached hydrogen (secondary N) is 1. The SMILES string of the molecule is CO/N=C(\C(=O)NC1C(=O)N2C(C(=O)O)=C(C[n+]3cccc4cc(O)ccc43)CS[C@H]12)c1coc(N)n1. The van der Waals surface area contributed by atoms with Gasteiger partial charge in [0.05, 0.1) is 5.39 Å². The van der Waals surface area contributed by atoms with Crippen LogP contribution in [0.3, 0.4) is 0 Å². The second-order valence-corrected chi connectivity index (χ2v) is 9.30. The molecule has 1 aromatic carbocycles. The van der Waals surface area contributed by atoms with Crippen LogP contribution < -0.4 is 15.6 Å². The van der Waals surface area contributed by atoms with E-state index in [0.29, 0.717) is 11.3 Å². The maximum absolute atomic E-state index is 13.1. The number of carboxylic acid groups (broad SMARTS) is 1. The highest BCUT2D eigenvalue weighted by Gasteiger charge is 2.54. The van der Waals surface area contributed by atoms with Crippen LogP contribution in [0.5, 0.6) is 5.75 Å². The Hall–Kier alpha value is -4.59. The molecule has 2 aliphatic rings. The zero-order chi connectivity index (χ0) is 26.3. The number of benzene rings is 1. The number of anilines is 1. The van der Waals surface area contributed by atoms with Gasteiger partial charge in [0.1, 0.15) is 41.9 Å². The summed E-state index contributed by atoms with van der Waals surface area (Å²) in [4.78, 5) is 47.9. The predicted molar refractivity (Wildman–Crippen MR) is 130 cm³/mol. The van der Waals surface area contributed by atoms with Gasteiger partial charge in [-0.15, -0.1) is 11.8 Å². The van der Waals surface area contributed by atoms with Gasteiger partial charge < -0.3 is 30.5 Å². The first-order valence-corrected chi connectivity index (χ1v) is 12.0. The fourth-order valence-electron chi connectivity index (χ4n) is 4.32. The summed E-state index contributed by atoms with van der Waals surface area (Å²) in [5, 5.41) is 26.2. The summed E-state index contributed by atoms with van der Waals surface area (Å²) in [6, 6.07) is 7.39. The summed E-state index contributed by atoms with van der Waals surface area (Å²) >= 11 is 1.34. The van der Waals surface area contributed by atoms with E-state index in [4.69, 9.17) is 15.0 Å². The molecule has 0 spiro atoms. The fraction of sp³-hybridized carbons (Fsp3) is 0.217. The smallest absolute Gasteiger partial charge is 0.352 e. The van der Waals surface area contributed by atoms with Crippen LogP contribution in [-0.2, 0) is 25.8 Å². The van der Waals surface area contributed by atoms with Crippen LogP contribution in [0.1, 0.15) is 5.69 Å². The Morgan fingerprint density at radius 3 is 2.92 bits per heavy atom. The van der Waals surface area contributed by atoms with Crippen LogP contribution in [0, 0.1) is 0 Å². The van der Waals surface area contributed by atoms with E-state index in [-0.39, 0.29) is 35.4 Å². The standard InChI is InChI=1S/C23H20N6O7S/c1-35-27-16(14-9-36-23(24)25-14)19(31)26-17-20(32)29-18(22(33)34)12(10-37-21(17)29)8-28-6-2-3-11-7-13(30)4-5-15(11)28/h2-7,9,17,21H,8,10H2,1H3,(H4-,24,25,26,30,31,33,34)/p+1/b27-16-/t17?,21-/m1/s1. The van der Waals surface area contributed by atoms with E-state index < -0.39 is 29.2 Å². The molecule has 5 rings (SSSR count). The Morgan fingerprint density at radius 1 is 1.41 bits per heavy atom. The molecule has 2 aliphatic heterocycles. The van der Waals surface area contributed by atoms with E-state index in [1.54, 1.807) is 30.5 Å². The number of carbonyl (C=O) groups is 3. The monoisotopic (exact) mass is 525 g/mol. The number of β-lactam (4-membered cyclic amide) rings is 1. The normalized spacial score (nSPS) is 19.4. The zero-order valence-electron chi connectivity index (χ0n) is 19.3. The van der Waals surface area contributed by atoms with E-state index in [2.05, 4.69) is 15.5 Å². The van der Waals surface area contributed by atoms with Crippen LogP contribution in [0.4, 0.5) is 6.01 Å². The van der Waals surface area contributed by atoms with E-state index >= 15 is 0 Å². The third-order valence-electron chi connectivity index (χ3n) is 5.92. The molecule has 4 heterocycles. The highest BCUT2D eigenvalue weighted by Crippen LogP contribution is 2.40. The molecule has 0 saturated carbocycles. The number of carboxylic acids is 1. The molecule has 190 valence electrons. The van der Waals surface area contributed by atoms with Crippen molar-refractivity contribution in [2.75, 3.05) is 18.6 Å². The van der Waals surface area contributed by atoms with Gasteiger partial charge in [0.25, 0.3) is 17.8 Å². The molecule has 5 N–H and O–H groups in total. The quantitative estimate of drug-likeness (QED) is 0.144. The number of hydrogen-bond acceptors (Lipinski definition) is 10. The van der Waals surface area contributed by atoms with Gasteiger partial charge in [-0.3, -0.25) is 14.5 Å². The van der Waals surface area contributed by atoms with Crippen molar-refractivity contribution < 1.29 is 38.4 Å². The lowest BCUT2D eigenvalue weighted by molar-refractivity contribution is -0.663. The van der Waals surface area contributed by atoms with Crippen LogP contribution in [0.15, 0.2) is 63.6 Å². The lowest BCUT2D eigenvalue weighted by atomic mass is 10.0. The third-order valence-corrected chi connectivity index (χ3v) is 7.26. The summed E-state index contributed by atoms with van der Waals surface area (Å²) < 4.78 is 6.77. The van der Waals surface area contributed by atoms with Crippen molar-refractivity contribution in [1.82, 2.24) is 15.2 Å². The van der Waals surface area contributed by atoms with Crippen molar-refractivity contribution in [2.45, 2.75) is 18.0 Å². The molecule has 1 fully saturated rings. The summed E-state index contributed by atoms with van der Waals surface area (Å²) in [6.45, 7) is 0.225. The number of oxazole rings is 1. The fourth-order valence-corrected chi connectivity index (χ4v) is 5.65. The van der Waals surface area contributed by atoms with Gasteiger partial charge in [-0.1, -0.05) is 5.16 Å². The molecule has 13 nitrogen and oxygen atoms in total. The van der Waals surface area contributed by atoms with E-state index in [1.807, 2.05) is 10.6 Å². The minimum Gasteiger partial charge on any atom is -0.508 e. The molecule has 0 aliphatic carbocycles. The van der Waals surface area contributed by atoms with Gasteiger partial charge in [0.15, 0.2) is 18.5 Å². The molecule has 0 bridgehead atoms. The maximum atomic E-state index is 13.1. The average molecular weight is 526 g/mol. The predicted octanol–water partition coefficient (Wildman–Crippen LogP) is 0.192. The first kappa shape index (κ1) is 24.1. The van der Waals surface area contributed by atoms with Crippen LogP contribution in [-0.4, -0.2) is 67.9 Å². The first-order chi connectivity index (χ1) is 17.8. The Balaban J connectivity index is 1.39. The Bertz CT molecular complexity index is 1500. The number of aromatic hydroxyl groups is 1. The molecule has 3 aromatic rings. The minimum atomic E-state index is -1.24. The van der Waals surface area contributed by atoms with Crippen molar-refractivity contribution in [1.29, 1.82) is 0 Å². The molecule has 2 aromatic heterocycles. The maximum Gasteiger partial charge on any atom is 0.352 e. The summed E-state index contributed by atoms with van der Waals surface area (Å²) in [5.74, 6) is -2.11. The zero-order valence-corrected chi connectivity index (χ0v) is 20.1.